The Morgan fingerprint density at radius 3 is 1.93 bits per heavy atom. The van der Waals surface area contributed by atoms with E-state index in [0.29, 0.717) is 17.6 Å². The first-order valence-electron chi connectivity index (χ1n) is 11.3. The molecule has 0 aliphatic carbocycles. The topological polar surface area (TPSA) is 107 Å². The summed E-state index contributed by atoms with van der Waals surface area (Å²) in [5, 5.41) is 27.4. The molecule has 1 heterocycles. The molecule has 0 radical (unpaired) electrons. The van der Waals surface area contributed by atoms with Gasteiger partial charge in [-0.2, -0.15) is 0 Å². The van der Waals surface area contributed by atoms with Crippen LogP contribution in [-0.4, -0.2) is 95.6 Å². The minimum atomic E-state index is -0.869. The Labute approximate surface area is 182 Å². The summed E-state index contributed by atoms with van der Waals surface area (Å²) in [7, 11) is 5.52. The minimum absolute atomic E-state index is 0.0620. The molecule has 2 atom stereocenters. The first-order valence-corrected chi connectivity index (χ1v) is 11.3. The molecule has 8 heteroatoms. The molecule has 30 heavy (non-hydrogen) atoms. The van der Waals surface area contributed by atoms with Crippen LogP contribution in [0.3, 0.4) is 0 Å². The molecule has 0 aromatic carbocycles. The van der Waals surface area contributed by atoms with Crippen LogP contribution < -0.4 is 0 Å². The van der Waals surface area contributed by atoms with Crippen LogP contribution in [0.15, 0.2) is 4.99 Å². The molecule has 176 valence electrons. The molecule has 3 N–H and O–H groups in total. The summed E-state index contributed by atoms with van der Waals surface area (Å²) < 4.78 is 0.612. The van der Waals surface area contributed by atoms with Gasteiger partial charge < -0.3 is 19.8 Å². The second-order valence-corrected chi connectivity index (χ2v) is 9.31. The lowest BCUT2D eigenvalue weighted by molar-refractivity contribution is -0.877. The lowest BCUT2D eigenvalue weighted by atomic mass is 10.1. The highest BCUT2D eigenvalue weighted by Gasteiger charge is 2.43. The number of quaternary nitrogens is 2. The molecule has 0 saturated carbocycles. The van der Waals surface area contributed by atoms with Crippen LogP contribution in [0.4, 0.5) is 0 Å². The average Bonchev–Trinajstić information content (AvgIpc) is 2.99. The number of amidine groups is 1. The van der Waals surface area contributed by atoms with Crippen molar-refractivity contribution in [3.05, 3.63) is 0 Å². The van der Waals surface area contributed by atoms with Crippen LogP contribution >= 0.6 is 0 Å². The third-order valence-electron chi connectivity index (χ3n) is 5.30. The summed E-state index contributed by atoms with van der Waals surface area (Å²) in [6.45, 7) is 5.26. The predicted octanol–water partition coefficient (Wildman–Crippen LogP) is 2.95. The maximum Gasteiger partial charge on any atom is 0.359 e. The summed E-state index contributed by atoms with van der Waals surface area (Å²) >= 11 is 0. The number of nitrogens with zero attached hydrogens (tertiary/aromatic N) is 3. The van der Waals surface area contributed by atoms with Gasteiger partial charge in [0.15, 0.2) is 19.3 Å². The minimum Gasteiger partial charge on any atom is -0.477 e. The van der Waals surface area contributed by atoms with E-state index < -0.39 is 18.2 Å². The van der Waals surface area contributed by atoms with Gasteiger partial charge >= 0.3 is 11.9 Å². The van der Waals surface area contributed by atoms with Gasteiger partial charge in [-0.3, -0.25) is 0 Å². The van der Waals surface area contributed by atoms with E-state index in [1.165, 1.54) is 38.5 Å². The van der Waals surface area contributed by atoms with Crippen molar-refractivity contribution < 1.29 is 33.9 Å². The number of rotatable bonds is 14. The van der Waals surface area contributed by atoms with Crippen molar-refractivity contribution in [3.63, 3.8) is 0 Å². The van der Waals surface area contributed by atoms with E-state index in [0.717, 1.165) is 25.1 Å². The molecule has 0 saturated heterocycles. The maximum atomic E-state index is 11.1. The maximum absolute atomic E-state index is 11.1. The van der Waals surface area contributed by atoms with Gasteiger partial charge in [0.2, 0.25) is 5.84 Å². The number of hydrogen-bond acceptors (Lipinski definition) is 4. The van der Waals surface area contributed by atoms with E-state index in [1.807, 2.05) is 21.1 Å². The van der Waals surface area contributed by atoms with Crippen molar-refractivity contribution in [2.24, 2.45) is 4.99 Å². The van der Waals surface area contributed by atoms with E-state index in [4.69, 9.17) is 10.2 Å². The lowest BCUT2D eigenvalue weighted by Gasteiger charge is -2.35. The zero-order valence-electron chi connectivity index (χ0n) is 19.8. The first-order chi connectivity index (χ1) is 13.9. The standard InChI is InChI=1S/C17H32N2O3.C5H11NO2/c1-3-4-5-6-7-8-9-10-11-16-18-12-13-19(16,15(2)20)14-17(21)22;1-6(2,3)4-5(7)8/h15,20H,3-14H2,1-2H3;4H2,1-3H3/p+2. The average molecular weight is 432 g/mol. The molecule has 1 rings (SSSR count). The Morgan fingerprint density at radius 2 is 1.53 bits per heavy atom. The SMILES string of the molecule is CCCCCCCCCCC1=NCC[N+]1(CC(=O)O)C(C)O.C[N+](C)(C)CC(=O)O. The lowest BCUT2D eigenvalue weighted by Crippen LogP contribution is -2.59. The molecule has 8 nitrogen and oxygen atoms in total. The van der Waals surface area contributed by atoms with Gasteiger partial charge in [-0.1, -0.05) is 51.9 Å². The summed E-state index contributed by atoms with van der Waals surface area (Å²) in [4.78, 5) is 25.6. The van der Waals surface area contributed by atoms with Crippen molar-refractivity contribution in [3.8, 4) is 0 Å². The zero-order chi connectivity index (χ0) is 23.2. The highest BCUT2D eigenvalue weighted by molar-refractivity contribution is 5.80. The Hall–Kier alpha value is -1.51. The van der Waals surface area contributed by atoms with Crippen molar-refractivity contribution in [2.45, 2.75) is 77.9 Å². The number of carboxylic acids is 2. The fourth-order valence-corrected chi connectivity index (χ4v) is 3.70. The second-order valence-electron chi connectivity index (χ2n) is 9.31. The molecule has 1 aliphatic rings. The predicted molar refractivity (Wildman–Crippen MR) is 119 cm³/mol. The Balaban J connectivity index is 0.000000890. The Bertz CT molecular complexity index is 543. The van der Waals surface area contributed by atoms with E-state index in [1.54, 1.807) is 6.92 Å². The first kappa shape index (κ1) is 28.5. The Kier molecular flexibility index (Phi) is 13.8. The van der Waals surface area contributed by atoms with E-state index in [-0.39, 0.29) is 17.6 Å². The summed E-state index contributed by atoms with van der Waals surface area (Å²) in [6.07, 6.45) is 10.1. The third-order valence-corrected chi connectivity index (χ3v) is 5.30. The van der Waals surface area contributed by atoms with E-state index >= 15 is 0 Å². The summed E-state index contributed by atoms with van der Waals surface area (Å²) in [5.41, 5.74) is 0. The number of carboxylic acid groups (broad SMARTS) is 2. The highest BCUT2D eigenvalue weighted by atomic mass is 16.4. The number of likely N-dealkylation sites (N-methyl/N-ethyl adjacent to an activating group) is 1. The molecule has 2 unspecified atom stereocenters. The molecule has 0 fully saturated rings. The van der Waals surface area contributed by atoms with E-state index in [9.17, 15) is 14.7 Å². The Morgan fingerprint density at radius 1 is 1.00 bits per heavy atom. The summed E-state index contributed by atoms with van der Waals surface area (Å²) in [5.74, 6) is -0.743. The molecule has 0 spiro atoms. The number of carbonyl (C=O) groups is 2. The second kappa shape index (κ2) is 14.5. The van der Waals surface area contributed by atoms with Crippen LogP contribution in [0.25, 0.3) is 0 Å². The van der Waals surface area contributed by atoms with Gasteiger partial charge in [-0.25, -0.2) is 19.1 Å². The molecule has 0 amide bonds. The number of aliphatic imine (C=N–C) groups is 1. The quantitative estimate of drug-likeness (QED) is 0.289. The van der Waals surface area contributed by atoms with Gasteiger partial charge in [0.25, 0.3) is 0 Å². The van der Waals surface area contributed by atoms with Crippen LogP contribution in [0, 0.1) is 0 Å². The zero-order valence-corrected chi connectivity index (χ0v) is 19.8. The number of hydrogen-bond donors (Lipinski definition) is 3. The fourth-order valence-electron chi connectivity index (χ4n) is 3.70. The van der Waals surface area contributed by atoms with E-state index in [2.05, 4.69) is 11.9 Å². The monoisotopic (exact) mass is 431 g/mol. The summed E-state index contributed by atoms with van der Waals surface area (Å²) in [6, 6.07) is 0. The van der Waals surface area contributed by atoms with Crippen LogP contribution in [0.2, 0.25) is 0 Å². The molecule has 0 aromatic heterocycles. The van der Waals surface area contributed by atoms with Crippen LogP contribution in [0.1, 0.15) is 71.6 Å². The van der Waals surface area contributed by atoms with Crippen LogP contribution in [-0.2, 0) is 9.59 Å². The smallest absolute Gasteiger partial charge is 0.359 e. The van der Waals surface area contributed by atoms with Gasteiger partial charge in [0.05, 0.1) is 27.7 Å². The fraction of sp³-hybridized carbons (Fsp3) is 0.864. The molecule has 0 bridgehead atoms. The molecule has 1 aliphatic heterocycles. The van der Waals surface area contributed by atoms with Crippen molar-refractivity contribution in [1.82, 2.24) is 0 Å². The number of unbranched alkanes of at least 4 members (excludes halogenated alkanes) is 7. The van der Waals surface area contributed by atoms with Crippen molar-refractivity contribution in [2.75, 3.05) is 47.3 Å². The van der Waals surface area contributed by atoms with Gasteiger partial charge in [-0.05, 0) is 6.42 Å². The molecular weight excluding hydrogens is 386 g/mol. The number of aliphatic hydroxyl groups is 1. The van der Waals surface area contributed by atoms with Crippen LogP contribution in [0.5, 0.6) is 0 Å². The van der Waals surface area contributed by atoms with Gasteiger partial charge in [-0.15, -0.1) is 0 Å². The third kappa shape index (κ3) is 12.2. The van der Waals surface area contributed by atoms with Gasteiger partial charge in [0.1, 0.15) is 6.54 Å². The van der Waals surface area contributed by atoms with Crippen molar-refractivity contribution in [1.29, 1.82) is 0 Å². The largest absolute Gasteiger partial charge is 0.477 e. The van der Waals surface area contributed by atoms with Crippen molar-refractivity contribution >= 4 is 17.8 Å². The normalized spacial score (nSPS) is 19.6. The molecule has 0 aromatic rings. The van der Waals surface area contributed by atoms with Gasteiger partial charge in [0, 0.05) is 13.3 Å². The highest BCUT2D eigenvalue weighted by Crippen LogP contribution is 2.23. The number of aliphatic hydroxyl groups excluding tert-OH is 1. The molecular formula is C22H45N3O5+2. The number of aliphatic carboxylic acids is 2.